The molecule has 0 aliphatic carbocycles. The molecule has 150 valence electrons. The standard InChI is InChI=1S/C25H20BrFN2O/c1-16-6-5-9-24(17(16)2)29-25(30)21(15-28)12-18-10-11-19(22(26)13-18)14-20-7-3-4-8-23(20)27/h3-13H,14H2,1-2H3,(H,29,30)/b21-12+. The Labute approximate surface area is 184 Å². The first-order chi connectivity index (χ1) is 14.4. The summed E-state index contributed by atoms with van der Waals surface area (Å²) in [4.78, 5) is 12.6. The summed E-state index contributed by atoms with van der Waals surface area (Å²) in [6, 6.07) is 19.7. The Kier molecular flexibility index (Phi) is 6.81. The molecular formula is C25H20BrFN2O. The van der Waals surface area contributed by atoms with Crippen molar-refractivity contribution < 1.29 is 9.18 Å². The third-order valence-corrected chi connectivity index (χ3v) is 5.68. The van der Waals surface area contributed by atoms with E-state index in [-0.39, 0.29) is 11.4 Å². The van der Waals surface area contributed by atoms with Crippen molar-refractivity contribution in [2.45, 2.75) is 20.3 Å². The lowest BCUT2D eigenvalue weighted by atomic mass is 10.0. The molecule has 0 unspecified atom stereocenters. The SMILES string of the molecule is Cc1cccc(NC(=O)/C(C#N)=C/c2ccc(Cc3ccccc3F)c(Br)c2)c1C. The van der Waals surface area contributed by atoms with Crippen LogP contribution in [-0.2, 0) is 11.2 Å². The quantitative estimate of drug-likeness (QED) is 0.355. The molecular weight excluding hydrogens is 443 g/mol. The summed E-state index contributed by atoms with van der Waals surface area (Å²) in [5.41, 5.74) is 4.93. The van der Waals surface area contributed by atoms with Crippen molar-refractivity contribution in [2.75, 3.05) is 5.32 Å². The Balaban J connectivity index is 1.81. The number of anilines is 1. The van der Waals surface area contributed by atoms with Gasteiger partial charge in [-0.15, -0.1) is 0 Å². The summed E-state index contributed by atoms with van der Waals surface area (Å²) < 4.78 is 14.7. The molecule has 0 heterocycles. The van der Waals surface area contributed by atoms with Gasteiger partial charge in [-0.05, 0) is 65.9 Å². The average Bonchev–Trinajstić information content (AvgIpc) is 2.73. The van der Waals surface area contributed by atoms with E-state index in [0.29, 0.717) is 23.2 Å². The fourth-order valence-corrected chi connectivity index (χ4v) is 3.57. The molecule has 30 heavy (non-hydrogen) atoms. The highest BCUT2D eigenvalue weighted by atomic mass is 79.9. The Morgan fingerprint density at radius 2 is 1.87 bits per heavy atom. The van der Waals surface area contributed by atoms with E-state index in [1.165, 1.54) is 12.1 Å². The molecule has 0 bridgehead atoms. The van der Waals surface area contributed by atoms with Crippen molar-refractivity contribution in [3.63, 3.8) is 0 Å². The summed E-state index contributed by atoms with van der Waals surface area (Å²) in [5, 5.41) is 12.3. The zero-order valence-electron chi connectivity index (χ0n) is 16.7. The highest BCUT2D eigenvalue weighted by Crippen LogP contribution is 2.24. The molecule has 3 aromatic carbocycles. The van der Waals surface area contributed by atoms with Crippen LogP contribution >= 0.6 is 15.9 Å². The summed E-state index contributed by atoms with van der Waals surface area (Å²) in [7, 11) is 0. The molecule has 0 aliphatic heterocycles. The lowest BCUT2D eigenvalue weighted by Crippen LogP contribution is -2.14. The number of hydrogen-bond donors (Lipinski definition) is 1. The molecule has 5 heteroatoms. The topological polar surface area (TPSA) is 52.9 Å². The Morgan fingerprint density at radius 3 is 2.57 bits per heavy atom. The van der Waals surface area contributed by atoms with Gasteiger partial charge in [0.1, 0.15) is 17.5 Å². The van der Waals surface area contributed by atoms with Crippen molar-refractivity contribution in [2.24, 2.45) is 0 Å². The van der Waals surface area contributed by atoms with Crippen LogP contribution in [0.5, 0.6) is 0 Å². The number of nitrogens with one attached hydrogen (secondary N) is 1. The fourth-order valence-electron chi connectivity index (χ4n) is 3.04. The number of hydrogen-bond acceptors (Lipinski definition) is 2. The van der Waals surface area contributed by atoms with E-state index < -0.39 is 5.91 Å². The molecule has 0 saturated carbocycles. The molecule has 0 saturated heterocycles. The molecule has 3 aromatic rings. The first-order valence-electron chi connectivity index (χ1n) is 9.40. The normalized spacial score (nSPS) is 11.1. The van der Waals surface area contributed by atoms with E-state index in [9.17, 15) is 14.4 Å². The predicted molar refractivity (Wildman–Crippen MR) is 121 cm³/mol. The van der Waals surface area contributed by atoms with Gasteiger partial charge in [-0.1, -0.05) is 58.4 Å². The highest BCUT2D eigenvalue weighted by Gasteiger charge is 2.12. The van der Waals surface area contributed by atoms with E-state index >= 15 is 0 Å². The fraction of sp³-hybridized carbons (Fsp3) is 0.120. The van der Waals surface area contributed by atoms with E-state index in [2.05, 4.69) is 21.2 Å². The van der Waals surface area contributed by atoms with Crippen LogP contribution in [0.3, 0.4) is 0 Å². The van der Waals surface area contributed by atoms with Gasteiger partial charge >= 0.3 is 0 Å². The largest absolute Gasteiger partial charge is 0.321 e. The van der Waals surface area contributed by atoms with Gasteiger partial charge in [0.2, 0.25) is 0 Å². The second kappa shape index (κ2) is 9.51. The molecule has 0 aliphatic rings. The van der Waals surface area contributed by atoms with Crippen molar-refractivity contribution in [3.05, 3.63) is 104 Å². The van der Waals surface area contributed by atoms with Crippen LogP contribution in [0.4, 0.5) is 10.1 Å². The van der Waals surface area contributed by atoms with Gasteiger partial charge in [0.25, 0.3) is 5.91 Å². The number of nitrogens with zero attached hydrogens (tertiary/aromatic N) is 1. The van der Waals surface area contributed by atoms with Crippen molar-refractivity contribution in [1.82, 2.24) is 0 Å². The number of amides is 1. The van der Waals surface area contributed by atoms with Gasteiger partial charge < -0.3 is 5.32 Å². The molecule has 0 aromatic heterocycles. The van der Waals surface area contributed by atoms with Gasteiger partial charge in [0, 0.05) is 16.6 Å². The second-order valence-corrected chi connectivity index (χ2v) is 7.84. The summed E-state index contributed by atoms with van der Waals surface area (Å²) in [5.74, 6) is -0.707. The highest BCUT2D eigenvalue weighted by molar-refractivity contribution is 9.10. The molecule has 1 amide bonds. The van der Waals surface area contributed by atoms with Crippen LogP contribution in [0.15, 0.2) is 70.7 Å². The minimum absolute atomic E-state index is 0.00431. The second-order valence-electron chi connectivity index (χ2n) is 6.99. The van der Waals surface area contributed by atoms with Gasteiger partial charge in [0.05, 0.1) is 0 Å². The number of nitriles is 1. The average molecular weight is 463 g/mol. The van der Waals surface area contributed by atoms with Crippen LogP contribution in [0.1, 0.15) is 27.8 Å². The van der Waals surface area contributed by atoms with Gasteiger partial charge in [-0.3, -0.25) is 4.79 Å². The zero-order chi connectivity index (χ0) is 21.7. The van der Waals surface area contributed by atoms with Gasteiger partial charge in [-0.25, -0.2) is 4.39 Å². The summed E-state index contributed by atoms with van der Waals surface area (Å²) >= 11 is 3.51. The Bertz CT molecular complexity index is 1180. The van der Waals surface area contributed by atoms with E-state index in [1.807, 2.05) is 56.3 Å². The smallest absolute Gasteiger partial charge is 0.266 e. The van der Waals surface area contributed by atoms with E-state index in [4.69, 9.17) is 0 Å². The minimum atomic E-state index is -0.460. The van der Waals surface area contributed by atoms with Gasteiger partial charge in [0.15, 0.2) is 0 Å². The Hall–Kier alpha value is -3.23. The van der Waals surface area contributed by atoms with Crippen LogP contribution in [-0.4, -0.2) is 5.91 Å². The number of carbonyl (C=O) groups excluding carboxylic acids is 1. The lowest BCUT2D eigenvalue weighted by Gasteiger charge is -2.10. The van der Waals surface area contributed by atoms with E-state index in [1.54, 1.807) is 18.2 Å². The lowest BCUT2D eigenvalue weighted by molar-refractivity contribution is -0.112. The maximum absolute atomic E-state index is 13.9. The maximum atomic E-state index is 13.9. The third kappa shape index (κ3) is 5.03. The predicted octanol–water partition coefficient (Wildman–Crippen LogP) is 6.34. The van der Waals surface area contributed by atoms with Crippen LogP contribution < -0.4 is 5.32 Å². The molecule has 0 spiro atoms. The minimum Gasteiger partial charge on any atom is -0.321 e. The molecule has 3 nitrogen and oxygen atoms in total. The maximum Gasteiger partial charge on any atom is 0.266 e. The molecule has 0 radical (unpaired) electrons. The first kappa shape index (κ1) is 21.5. The van der Waals surface area contributed by atoms with Crippen LogP contribution in [0.2, 0.25) is 0 Å². The third-order valence-electron chi connectivity index (χ3n) is 4.94. The molecule has 0 fully saturated rings. The number of aryl methyl sites for hydroxylation is 1. The van der Waals surface area contributed by atoms with Crippen molar-refractivity contribution >= 4 is 33.6 Å². The first-order valence-corrected chi connectivity index (χ1v) is 10.2. The van der Waals surface area contributed by atoms with Crippen molar-refractivity contribution in [3.8, 4) is 6.07 Å². The number of halogens is 2. The zero-order valence-corrected chi connectivity index (χ0v) is 18.3. The molecule has 0 atom stereocenters. The Morgan fingerprint density at radius 1 is 1.10 bits per heavy atom. The number of carbonyl (C=O) groups is 1. The molecule has 3 rings (SSSR count). The van der Waals surface area contributed by atoms with Crippen molar-refractivity contribution in [1.29, 1.82) is 5.26 Å². The molecule has 1 N–H and O–H groups in total. The monoisotopic (exact) mass is 462 g/mol. The van der Waals surface area contributed by atoms with Gasteiger partial charge in [-0.2, -0.15) is 5.26 Å². The van der Waals surface area contributed by atoms with Crippen LogP contribution in [0, 0.1) is 31.0 Å². The summed E-state index contributed by atoms with van der Waals surface area (Å²) in [6.07, 6.45) is 1.98. The number of benzene rings is 3. The van der Waals surface area contributed by atoms with E-state index in [0.717, 1.165) is 21.2 Å². The number of rotatable bonds is 5. The summed E-state index contributed by atoms with van der Waals surface area (Å²) in [6.45, 7) is 3.89. The van der Waals surface area contributed by atoms with Crippen LogP contribution in [0.25, 0.3) is 6.08 Å².